The summed E-state index contributed by atoms with van der Waals surface area (Å²) >= 11 is 0. The number of hydrogen-bond acceptors (Lipinski definition) is 4. The second-order valence-corrected chi connectivity index (χ2v) is 4.76. The van der Waals surface area contributed by atoms with Gasteiger partial charge in [-0.1, -0.05) is 18.5 Å². The molecule has 16 heavy (non-hydrogen) atoms. The summed E-state index contributed by atoms with van der Waals surface area (Å²) < 4.78 is 5.33. The van der Waals surface area contributed by atoms with Gasteiger partial charge >= 0.3 is 0 Å². The second kappa shape index (κ2) is 5.43. The minimum atomic E-state index is 0.374. The van der Waals surface area contributed by atoms with Crippen LogP contribution in [-0.4, -0.2) is 16.2 Å². The van der Waals surface area contributed by atoms with Gasteiger partial charge in [0.2, 0.25) is 5.89 Å². The van der Waals surface area contributed by atoms with Gasteiger partial charge in [0, 0.05) is 18.4 Å². The summed E-state index contributed by atoms with van der Waals surface area (Å²) in [6.45, 7) is 2.17. The average molecular weight is 223 g/mol. The highest BCUT2D eigenvalue weighted by atomic mass is 16.5. The van der Waals surface area contributed by atoms with E-state index in [4.69, 9.17) is 10.3 Å². The molecule has 2 rings (SSSR count). The van der Waals surface area contributed by atoms with Crippen molar-refractivity contribution >= 4 is 0 Å². The summed E-state index contributed by atoms with van der Waals surface area (Å²) in [6, 6.07) is 0.374. The van der Waals surface area contributed by atoms with E-state index in [1.54, 1.807) is 0 Å². The van der Waals surface area contributed by atoms with Crippen molar-refractivity contribution < 1.29 is 4.52 Å². The lowest BCUT2D eigenvalue weighted by molar-refractivity contribution is 0.299. The van der Waals surface area contributed by atoms with Crippen molar-refractivity contribution in [3.05, 3.63) is 11.7 Å². The summed E-state index contributed by atoms with van der Waals surface area (Å²) in [5, 5.41) is 4.03. The molecule has 0 unspecified atom stereocenters. The lowest BCUT2D eigenvalue weighted by Crippen LogP contribution is -2.25. The van der Waals surface area contributed by atoms with Crippen molar-refractivity contribution in [1.29, 1.82) is 0 Å². The third kappa shape index (κ3) is 2.82. The maximum Gasteiger partial charge on any atom is 0.229 e. The molecule has 1 aliphatic carbocycles. The largest absolute Gasteiger partial charge is 0.339 e. The molecule has 4 heteroatoms. The summed E-state index contributed by atoms with van der Waals surface area (Å²) in [7, 11) is 0. The molecule has 2 N–H and O–H groups in total. The lowest BCUT2D eigenvalue weighted by Gasteiger charge is -2.22. The predicted molar refractivity (Wildman–Crippen MR) is 62.1 cm³/mol. The predicted octanol–water partition coefficient (Wildman–Crippen LogP) is 2.40. The van der Waals surface area contributed by atoms with E-state index in [9.17, 15) is 0 Å². The van der Waals surface area contributed by atoms with E-state index in [1.807, 2.05) is 0 Å². The highest BCUT2D eigenvalue weighted by molar-refractivity contribution is 4.97. The van der Waals surface area contributed by atoms with Gasteiger partial charge in [0.05, 0.1) is 0 Å². The molecule has 0 aromatic carbocycles. The van der Waals surface area contributed by atoms with Gasteiger partial charge in [-0.2, -0.15) is 4.98 Å². The Hall–Kier alpha value is -0.900. The Kier molecular flexibility index (Phi) is 3.93. The van der Waals surface area contributed by atoms with E-state index in [2.05, 4.69) is 17.1 Å². The molecule has 1 aromatic heterocycles. The van der Waals surface area contributed by atoms with Gasteiger partial charge in [-0.3, -0.25) is 0 Å². The van der Waals surface area contributed by atoms with E-state index in [-0.39, 0.29) is 0 Å². The standard InChI is InChI=1S/C12H21N3O/c1-2-3-4-11-14-12(16-15-11)9-5-7-10(13)8-6-9/h9-10H,2-8,13H2,1H3. The molecule has 1 saturated carbocycles. The van der Waals surface area contributed by atoms with Gasteiger partial charge in [0.15, 0.2) is 5.82 Å². The molecular formula is C12H21N3O. The normalized spacial score (nSPS) is 25.9. The van der Waals surface area contributed by atoms with Crippen molar-refractivity contribution in [3.8, 4) is 0 Å². The number of nitrogens with two attached hydrogens (primary N) is 1. The summed E-state index contributed by atoms with van der Waals surface area (Å²) in [6.07, 6.45) is 7.59. The van der Waals surface area contributed by atoms with Crippen LogP contribution >= 0.6 is 0 Å². The van der Waals surface area contributed by atoms with Crippen LogP contribution in [0.25, 0.3) is 0 Å². The molecular weight excluding hydrogens is 202 g/mol. The zero-order valence-electron chi connectivity index (χ0n) is 9.98. The zero-order chi connectivity index (χ0) is 11.4. The number of rotatable bonds is 4. The van der Waals surface area contributed by atoms with Crippen LogP contribution in [0.3, 0.4) is 0 Å². The molecule has 1 aliphatic rings. The van der Waals surface area contributed by atoms with Crippen LogP contribution < -0.4 is 5.73 Å². The van der Waals surface area contributed by atoms with E-state index in [0.717, 1.165) is 50.2 Å². The summed E-state index contributed by atoms with van der Waals surface area (Å²) in [5.41, 5.74) is 5.88. The van der Waals surface area contributed by atoms with Crippen molar-refractivity contribution in [1.82, 2.24) is 10.1 Å². The van der Waals surface area contributed by atoms with Crippen LogP contribution in [-0.2, 0) is 6.42 Å². The number of hydrogen-bond donors (Lipinski definition) is 1. The molecule has 1 heterocycles. The minimum absolute atomic E-state index is 0.374. The van der Waals surface area contributed by atoms with E-state index >= 15 is 0 Å². The third-order valence-electron chi connectivity index (χ3n) is 3.36. The van der Waals surface area contributed by atoms with Crippen LogP contribution in [0.5, 0.6) is 0 Å². The van der Waals surface area contributed by atoms with Gasteiger partial charge in [0.1, 0.15) is 0 Å². The number of aryl methyl sites for hydroxylation is 1. The quantitative estimate of drug-likeness (QED) is 0.851. The van der Waals surface area contributed by atoms with Gasteiger partial charge in [-0.25, -0.2) is 0 Å². The van der Waals surface area contributed by atoms with Crippen LogP contribution in [0.4, 0.5) is 0 Å². The molecule has 0 atom stereocenters. The Bertz CT molecular complexity index is 316. The van der Waals surface area contributed by atoms with Gasteiger partial charge in [-0.05, 0) is 32.1 Å². The van der Waals surface area contributed by atoms with Crippen LogP contribution in [0.1, 0.15) is 63.1 Å². The summed E-state index contributed by atoms with van der Waals surface area (Å²) in [5.74, 6) is 2.15. The van der Waals surface area contributed by atoms with Crippen molar-refractivity contribution in [2.24, 2.45) is 5.73 Å². The molecule has 1 fully saturated rings. The lowest BCUT2D eigenvalue weighted by atomic mass is 9.86. The molecule has 0 saturated heterocycles. The minimum Gasteiger partial charge on any atom is -0.339 e. The Balaban J connectivity index is 1.91. The number of unbranched alkanes of at least 4 members (excludes halogenated alkanes) is 1. The fraction of sp³-hybridized carbons (Fsp3) is 0.833. The first kappa shape index (κ1) is 11.6. The smallest absolute Gasteiger partial charge is 0.229 e. The Morgan fingerprint density at radius 1 is 1.31 bits per heavy atom. The van der Waals surface area contributed by atoms with Gasteiger partial charge in [0.25, 0.3) is 0 Å². The van der Waals surface area contributed by atoms with E-state index < -0.39 is 0 Å². The monoisotopic (exact) mass is 223 g/mol. The third-order valence-corrected chi connectivity index (χ3v) is 3.36. The first-order chi connectivity index (χ1) is 7.79. The van der Waals surface area contributed by atoms with Crippen LogP contribution in [0.15, 0.2) is 4.52 Å². The highest BCUT2D eigenvalue weighted by Gasteiger charge is 2.24. The Morgan fingerprint density at radius 2 is 2.06 bits per heavy atom. The zero-order valence-corrected chi connectivity index (χ0v) is 9.98. The molecule has 0 amide bonds. The average Bonchev–Trinajstić information content (AvgIpc) is 2.76. The first-order valence-corrected chi connectivity index (χ1v) is 6.37. The molecule has 0 bridgehead atoms. The first-order valence-electron chi connectivity index (χ1n) is 6.37. The van der Waals surface area contributed by atoms with E-state index in [0.29, 0.717) is 12.0 Å². The van der Waals surface area contributed by atoms with E-state index in [1.165, 1.54) is 6.42 Å². The molecule has 0 spiro atoms. The van der Waals surface area contributed by atoms with Crippen molar-refractivity contribution in [3.63, 3.8) is 0 Å². The maximum atomic E-state index is 5.88. The Morgan fingerprint density at radius 3 is 2.75 bits per heavy atom. The molecule has 0 aliphatic heterocycles. The van der Waals surface area contributed by atoms with Gasteiger partial charge < -0.3 is 10.3 Å². The van der Waals surface area contributed by atoms with Crippen molar-refractivity contribution in [2.75, 3.05) is 0 Å². The summed E-state index contributed by atoms with van der Waals surface area (Å²) in [4.78, 5) is 4.48. The SMILES string of the molecule is CCCCc1noc(C2CCC(N)CC2)n1. The fourth-order valence-corrected chi connectivity index (χ4v) is 2.24. The molecule has 0 radical (unpaired) electrons. The van der Waals surface area contributed by atoms with Crippen LogP contribution in [0.2, 0.25) is 0 Å². The number of nitrogens with zero attached hydrogens (tertiary/aromatic N) is 2. The number of aromatic nitrogens is 2. The highest BCUT2D eigenvalue weighted by Crippen LogP contribution is 2.31. The second-order valence-electron chi connectivity index (χ2n) is 4.76. The maximum absolute atomic E-state index is 5.88. The fourth-order valence-electron chi connectivity index (χ4n) is 2.24. The van der Waals surface area contributed by atoms with Crippen LogP contribution in [0, 0.1) is 0 Å². The van der Waals surface area contributed by atoms with Crippen molar-refractivity contribution in [2.45, 2.75) is 63.8 Å². The topological polar surface area (TPSA) is 64.9 Å². The molecule has 1 aromatic rings. The molecule has 90 valence electrons. The molecule has 4 nitrogen and oxygen atoms in total. The van der Waals surface area contributed by atoms with Gasteiger partial charge in [-0.15, -0.1) is 0 Å². The Labute approximate surface area is 96.6 Å².